The molecule has 0 amide bonds. The van der Waals surface area contributed by atoms with Crippen LogP contribution in [0.5, 0.6) is 5.75 Å². The molecule has 1 fully saturated rings. The molecule has 1 aromatic rings. The maximum absolute atomic E-state index is 12.8. The standard InChI is InChI=1S/C16H22BrF3N2O/c1-15(2,3)14(22-8-6-21-7-9-22)12-10-11(17)4-5-13(12)23-16(18,19)20/h4-5,10,14,21H,6-9H2,1-3H3/t14-/m1/s1. The fraction of sp³-hybridized carbons (Fsp3) is 0.625. The van der Waals surface area contributed by atoms with Crippen molar-refractivity contribution in [1.29, 1.82) is 0 Å². The second kappa shape index (κ2) is 6.99. The second-order valence-electron chi connectivity index (χ2n) is 6.78. The third-order valence-electron chi connectivity index (χ3n) is 3.83. The predicted octanol–water partition coefficient (Wildman–Crippen LogP) is 4.34. The van der Waals surface area contributed by atoms with E-state index in [4.69, 9.17) is 0 Å². The molecule has 1 saturated heterocycles. The highest BCUT2D eigenvalue weighted by Gasteiger charge is 2.38. The minimum absolute atomic E-state index is 0.126. The first-order valence-corrected chi connectivity index (χ1v) is 8.37. The number of rotatable bonds is 3. The number of alkyl halides is 3. The highest BCUT2D eigenvalue weighted by Crippen LogP contribution is 2.44. The van der Waals surface area contributed by atoms with Crippen LogP contribution in [-0.2, 0) is 0 Å². The summed E-state index contributed by atoms with van der Waals surface area (Å²) in [6.45, 7) is 9.36. The van der Waals surface area contributed by atoms with Gasteiger partial charge in [0, 0.05) is 42.3 Å². The van der Waals surface area contributed by atoms with Crippen molar-refractivity contribution >= 4 is 15.9 Å². The molecule has 23 heavy (non-hydrogen) atoms. The average molecular weight is 395 g/mol. The van der Waals surface area contributed by atoms with Crippen molar-refractivity contribution in [2.24, 2.45) is 5.41 Å². The maximum Gasteiger partial charge on any atom is 0.573 e. The SMILES string of the molecule is CC(C)(C)[C@@H](c1cc(Br)ccc1OC(F)(F)F)N1CCNCC1. The molecule has 1 aliphatic heterocycles. The lowest BCUT2D eigenvalue weighted by Crippen LogP contribution is -2.48. The van der Waals surface area contributed by atoms with Gasteiger partial charge in [0.15, 0.2) is 0 Å². The van der Waals surface area contributed by atoms with E-state index >= 15 is 0 Å². The molecule has 0 saturated carbocycles. The minimum atomic E-state index is -4.70. The van der Waals surface area contributed by atoms with Crippen molar-refractivity contribution in [3.63, 3.8) is 0 Å². The Hall–Kier alpha value is -0.790. The first kappa shape index (κ1) is 18.5. The van der Waals surface area contributed by atoms with Gasteiger partial charge in [0.2, 0.25) is 0 Å². The number of hydrogen-bond acceptors (Lipinski definition) is 3. The molecule has 0 radical (unpaired) electrons. The van der Waals surface area contributed by atoms with Crippen LogP contribution in [0.25, 0.3) is 0 Å². The van der Waals surface area contributed by atoms with Crippen LogP contribution in [0.15, 0.2) is 22.7 Å². The highest BCUT2D eigenvalue weighted by molar-refractivity contribution is 9.10. The molecule has 1 atom stereocenters. The largest absolute Gasteiger partial charge is 0.573 e. The van der Waals surface area contributed by atoms with Gasteiger partial charge in [-0.2, -0.15) is 0 Å². The number of piperazine rings is 1. The van der Waals surface area contributed by atoms with Gasteiger partial charge in [-0.05, 0) is 23.6 Å². The third kappa shape index (κ3) is 5.09. The normalized spacial score (nSPS) is 18.7. The molecular weight excluding hydrogens is 373 g/mol. The van der Waals surface area contributed by atoms with Gasteiger partial charge in [-0.15, -0.1) is 13.2 Å². The van der Waals surface area contributed by atoms with Crippen molar-refractivity contribution in [3.05, 3.63) is 28.2 Å². The molecule has 0 bridgehead atoms. The van der Waals surface area contributed by atoms with Crippen LogP contribution in [0.3, 0.4) is 0 Å². The number of nitrogens with one attached hydrogen (secondary N) is 1. The van der Waals surface area contributed by atoms with E-state index in [0.29, 0.717) is 5.56 Å². The molecule has 1 aliphatic rings. The van der Waals surface area contributed by atoms with Gasteiger partial charge in [0.25, 0.3) is 0 Å². The molecule has 0 aliphatic carbocycles. The summed E-state index contributed by atoms with van der Waals surface area (Å²) in [5, 5.41) is 3.27. The molecule has 1 heterocycles. The Kier molecular flexibility index (Phi) is 5.63. The van der Waals surface area contributed by atoms with Crippen LogP contribution in [-0.4, -0.2) is 37.4 Å². The summed E-state index contributed by atoms with van der Waals surface area (Å²) >= 11 is 3.37. The van der Waals surface area contributed by atoms with E-state index in [9.17, 15) is 13.2 Å². The lowest BCUT2D eigenvalue weighted by molar-refractivity contribution is -0.275. The Morgan fingerprint density at radius 1 is 1.17 bits per heavy atom. The fourth-order valence-corrected chi connectivity index (χ4v) is 3.48. The summed E-state index contributed by atoms with van der Waals surface area (Å²) in [7, 11) is 0. The summed E-state index contributed by atoms with van der Waals surface area (Å²) in [6, 6.07) is 4.52. The van der Waals surface area contributed by atoms with E-state index in [1.807, 2.05) is 20.8 Å². The van der Waals surface area contributed by atoms with Crippen LogP contribution >= 0.6 is 15.9 Å². The smallest absolute Gasteiger partial charge is 0.405 e. The van der Waals surface area contributed by atoms with Crippen molar-refractivity contribution in [2.75, 3.05) is 26.2 Å². The highest BCUT2D eigenvalue weighted by atomic mass is 79.9. The van der Waals surface area contributed by atoms with Gasteiger partial charge in [-0.3, -0.25) is 4.90 Å². The lowest BCUT2D eigenvalue weighted by Gasteiger charge is -2.43. The summed E-state index contributed by atoms with van der Waals surface area (Å²) in [5.41, 5.74) is 0.327. The number of hydrogen-bond donors (Lipinski definition) is 1. The lowest BCUT2D eigenvalue weighted by atomic mass is 9.80. The first-order valence-electron chi connectivity index (χ1n) is 7.58. The van der Waals surface area contributed by atoms with Crippen LogP contribution < -0.4 is 10.1 Å². The van der Waals surface area contributed by atoms with Crippen LogP contribution in [0.1, 0.15) is 32.4 Å². The molecule has 2 rings (SSSR count). The van der Waals surface area contributed by atoms with E-state index in [1.165, 1.54) is 6.07 Å². The number of benzene rings is 1. The summed E-state index contributed by atoms with van der Waals surface area (Å²) in [5.74, 6) is -0.126. The zero-order chi connectivity index (χ0) is 17.3. The van der Waals surface area contributed by atoms with Gasteiger partial charge in [0.05, 0.1) is 0 Å². The van der Waals surface area contributed by atoms with Crippen molar-refractivity contribution in [2.45, 2.75) is 33.2 Å². The predicted molar refractivity (Wildman–Crippen MR) is 87.5 cm³/mol. The zero-order valence-corrected chi connectivity index (χ0v) is 15.1. The Morgan fingerprint density at radius 3 is 2.30 bits per heavy atom. The number of halogens is 4. The van der Waals surface area contributed by atoms with Gasteiger partial charge in [-0.1, -0.05) is 36.7 Å². The molecule has 3 nitrogen and oxygen atoms in total. The van der Waals surface area contributed by atoms with E-state index in [2.05, 4.69) is 30.9 Å². The molecule has 1 N–H and O–H groups in total. The molecule has 130 valence electrons. The fourth-order valence-electron chi connectivity index (χ4n) is 3.10. The summed E-state index contributed by atoms with van der Waals surface area (Å²) in [6.07, 6.45) is -4.70. The van der Waals surface area contributed by atoms with Crippen molar-refractivity contribution in [1.82, 2.24) is 10.2 Å². The molecule has 7 heteroatoms. The van der Waals surface area contributed by atoms with E-state index in [1.54, 1.807) is 12.1 Å². The first-order chi connectivity index (χ1) is 10.6. The van der Waals surface area contributed by atoms with Gasteiger partial charge in [-0.25, -0.2) is 0 Å². The maximum atomic E-state index is 12.8. The zero-order valence-electron chi connectivity index (χ0n) is 13.5. The van der Waals surface area contributed by atoms with Gasteiger partial charge < -0.3 is 10.1 Å². The van der Waals surface area contributed by atoms with Crippen molar-refractivity contribution < 1.29 is 17.9 Å². The molecule has 0 spiro atoms. The Labute approximate surface area is 143 Å². The summed E-state index contributed by atoms with van der Waals surface area (Å²) in [4.78, 5) is 2.22. The van der Waals surface area contributed by atoms with E-state index in [0.717, 1.165) is 30.7 Å². The topological polar surface area (TPSA) is 24.5 Å². The Morgan fingerprint density at radius 2 is 1.78 bits per heavy atom. The van der Waals surface area contributed by atoms with Crippen LogP contribution in [0.4, 0.5) is 13.2 Å². The van der Waals surface area contributed by atoms with Gasteiger partial charge >= 0.3 is 6.36 Å². The third-order valence-corrected chi connectivity index (χ3v) is 4.32. The average Bonchev–Trinajstić information content (AvgIpc) is 2.40. The van der Waals surface area contributed by atoms with Crippen LogP contribution in [0.2, 0.25) is 0 Å². The van der Waals surface area contributed by atoms with Gasteiger partial charge in [0.1, 0.15) is 5.75 Å². The quantitative estimate of drug-likeness (QED) is 0.824. The Balaban J connectivity index is 2.46. The second-order valence-corrected chi connectivity index (χ2v) is 7.70. The van der Waals surface area contributed by atoms with Crippen molar-refractivity contribution in [3.8, 4) is 5.75 Å². The summed E-state index contributed by atoms with van der Waals surface area (Å²) < 4.78 is 43.3. The molecule has 1 aromatic carbocycles. The molecular formula is C16H22BrF3N2O. The monoisotopic (exact) mass is 394 g/mol. The molecule has 0 aromatic heterocycles. The van der Waals surface area contributed by atoms with Crippen LogP contribution in [0, 0.1) is 5.41 Å². The number of nitrogens with zero attached hydrogens (tertiary/aromatic N) is 1. The van der Waals surface area contributed by atoms with E-state index in [-0.39, 0.29) is 17.2 Å². The molecule has 0 unspecified atom stereocenters. The van der Waals surface area contributed by atoms with E-state index < -0.39 is 6.36 Å². The Bertz CT molecular complexity index is 537. The number of ether oxygens (including phenoxy) is 1. The minimum Gasteiger partial charge on any atom is -0.405 e.